The van der Waals surface area contributed by atoms with E-state index in [2.05, 4.69) is 12.2 Å². The topological polar surface area (TPSA) is 64.3 Å². The van der Waals surface area contributed by atoms with Crippen molar-refractivity contribution in [1.82, 2.24) is 5.32 Å². The molecule has 3 atom stereocenters. The quantitative estimate of drug-likeness (QED) is 0.687. The molecule has 3 unspecified atom stereocenters. The summed E-state index contributed by atoms with van der Waals surface area (Å²) in [6, 6.07) is 0.485. The second kappa shape index (κ2) is 6.08. The number of primary amides is 1. The van der Waals surface area contributed by atoms with E-state index in [1.165, 1.54) is 0 Å². The molecule has 0 aromatic carbocycles. The smallest absolute Gasteiger partial charge is 0.218 e. The number of nitrogens with one attached hydrogen (secondary N) is 1. The number of hydrogen-bond acceptors (Lipinski definition) is 3. The Bertz CT molecular complexity index is 203. The second-order valence-corrected chi connectivity index (χ2v) is 4.30. The van der Waals surface area contributed by atoms with E-state index in [1.807, 2.05) is 6.92 Å². The molecule has 88 valence electrons. The molecular weight excluding hydrogens is 192 g/mol. The molecule has 1 rings (SSSR count). The highest BCUT2D eigenvalue weighted by Crippen LogP contribution is 2.18. The SMILES string of the molecule is CCC(NC(C)CC(N)=O)C1CCCO1. The van der Waals surface area contributed by atoms with Crippen LogP contribution >= 0.6 is 0 Å². The Kier molecular flexibility index (Phi) is 5.05. The summed E-state index contributed by atoms with van der Waals surface area (Å²) in [5, 5.41) is 3.41. The van der Waals surface area contributed by atoms with Crippen LogP contribution < -0.4 is 11.1 Å². The van der Waals surface area contributed by atoms with E-state index in [0.29, 0.717) is 18.6 Å². The van der Waals surface area contributed by atoms with Crippen molar-refractivity contribution in [3.8, 4) is 0 Å². The van der Waals surface area contributed by atoms with Crippen LogP contribution in [0.15, 0.2) is 0 Å². The molecule has 0 spiro atoms. The van der Waals surface area contributed by atoms with Gasteiger partial charge in [-0.25, -0.2) is 0 Å². The van der Waals surface area contributed by atoms with Gasteiger partial charge in [-0.2, -0.15) is 0 Å². The Morgan fingerprint density at radius 3 is 2.87 bits per heavy atom. The van der Waals surface area contributed by atoms with Crippen LogP contribution in [-0.2, 0) is 9.53 Å². The number of hydrogen-bond donors (Lipinski definition) is 2. The molecule has 1 amide bonds. The zero-order chi connectivity index (χ0) is 11.3. The van der Waals surface area contributed by atoms with E-state index in [0.717, 1.165) is 25.9 Å². The van der Waals surface area contributed by atoms with Gasteiger partial charge < -0.3 is 15.8 Å². The molecule has 1 heterocycles. The number of carbonyl (C=O) groups is 1. The maximum Gasteiger partial charge on any atom is 0.218 e. The van der Waals surface area contributed by atoms with Crippen molar-refractivity contribution in [2.75, 3.05) is 6.61 Å². The van der Waals surface area contributed by atoms with Crippen LogP contribution in [0.1, 0.15) is 39.5 Å². The fraction of sp³-hybridized carbons (Fsp3) is 0.909. The number of ether oxygens (including phenoxy) is 1. The highest BCUT2D eigenvalue weighted by atomic mass is 16.5. The first-order chi connectivity index (χ1) is 7.13. The first-order valence-electron chi connectivity index (χ1n) is 5.79. The molecule has 1 fully saturated rings. The molecule has 15 heavy (non-hydrogen) atoms. The van der Waals surface area contributed by atoms with Gasteiger partial charge in [0.05, 0.1) is 6.10 Å². The number of carbonyl (C=O) groups excluding carboxylic acids is 1. The van der Waals surface area contributed by atoms with Crippen LogP contribution in [-0.4, -0.2) is 30.7 Å². The Labute approximate surface area is 91.5 Å². The summed E-state index contributed by atoms with van der Waals surface area (Å²) in [5.74, 6) is -0.253. The first kappa shape index (κ1) is 12.5. The predicted octanol–water partition coefficient (Wildman–Crippen LogP) is 0.797. The Hall–Kier alpha value is -0.610. The van der Waals surface area contributed by atoms with Crippen LogP contribution in [0.4, 0.5) is 0 Å². The molecule has 1 aliphatic heterocycles. The monoisotopic (exact) mass is 214 g/mol. The third-order valence-electron chi connectivity index (χ3n) is 2.86. The largest absolute Gasteiger partial charge is 0.377 e. The van der Waals surface area contributed by atoms with E-state index in [1.54, 1.807) is 0 Å². The van der Waals surface area contributed by atoms with Gasteiger partial charge in [-0.05, 0) is 26.2 Å². The summed E-state index contributed by atoms with van der Waals surface area (Å²) in [6.45, 7) is 4.99. The molecule has 0 aromatic rings. The highest BCUT2D eigenvalue weighted by Gasteiger charge is 2.25. The van der Waals surface area contributed by atoms with Crippen LogP contribution in [0, 0.1) is 0 Å². The summed E-state index contributed by atoms with van der Waals surface area (Å²) in [5.41, 5.74) is 5.15. The van der Waals surface area contributed by atoms with Crippen LogP contribution in [0.3, 0.4) is 0 Å². The third-order valence-corrected chi connectivity index (χ3v) is 2.86. The maximum atomic E-state index is 10.8. The zero-order valence-corrected chi connectivity index (χ0v) is 9.66. The zero-order valence-electron chi connectivity index (χ0n) is 9.66. The van der Waals surface area contributed by atoms with Gasteiger partial charge in [-0.3, -0.25) is 4.79 Å². The van der Waals surface area contributed by atoms with Crippen molar-refractivity contribution in [2.45, 2.75) is 57.7 Å². The number of amides is 1. The van der Waals surface area contributed by atoms with Gasteiger partial charge >= 0.3 is 0 Å². The minimum absolute atomic E-state index is 0.136. The van der Waals surface area contributed by atoms with Crippen molar-refractivity contribution in [3.63, 3.8) is 0 Å². The minimum atomic E-state index is -0.253. The maximum absolute atomic E-state index is 10.8. The normalized spacial score (nSPS) is 25.1. The average molecular weight is 214 g/mol. The molecule has 4 nitrogen and oxygen atoms in total. The van der Waals surface area contributed by atoms with Crippen LogP contribution in [0.25, 0.3) is 0 Å². The molecule has 1 saturated heterocycles. The van der Waals surface area contributed by atoms with Gasteiger partial charge in [0.2, 0.25) is 5.91 Å². The van der Waals surface area contributed by atoms with E-state index >= 15 is 0 Å². The standard InChI is InChI=1S/C11H22N2O2/c1-3-9(10-5-4-6-15-10)13-8(2)7-11(12)14/h8-10,13H,3-7H2,1-2H3,(H2,12,14). The minimum Gasteiger partial charge on any atom is -0.377 e. The summed E-state index contributed by atoms with van der Waals surface area (Å²) >= 11 is 0. The summed E-state index contributed by atoms with van der Waals surface area (Å²) in [4.78, 5) is 10.8. The third kappa shape index (κ3) is 4.18. The molecule has 0 saturated carbocycles. The first-order valence-corrected chi connectivity index (χ1v) is 5.79. The molecule has 3 N–H and O–H groups in total. The molecule has 0 aromatic heterocycles. The van der Waals surface area contributed by atoms with Crippen molar-refractivity contribution < 1.29 is 9.53 Å². The highest BCUT2D eigenvalue weighted by molar-refractivity contribution is 5.74. The van der Waals surface area contributed by atoms with Gasteiger partial charge in [0.25, 0.3) is 0 Å². The molecule has 1 aliphatic rings. The summed E-state index contributed by atoms with van der Waals surface area (Å²) < 4.78 is 5.63. The van der Waals surface area contributed by atoms with Gasteiger partial charge in [-0.1, -0.05) is 6.92 Å². The summed E-state index contributed by atoms with van der Waals surface area (Å²) in [6.07, 6.45) is 3.99. The average Bonchev–Trinajstić information content (AvgIpc) is 2.65. The Balaban J connectivity index is 2.34. The van der Waals surface area contributed by atoms with Crippen LogP contribution in [0.2, 0.25) is 0 Å². The Morgan fingerprint density at radius 1 is 1.67 bits per heavy atom. The van der Waals surface area contributed by atoms with E-state index in [9.17, 15) is 4.79 Å². The lowest BCUT2D eigenvalue weighted by Crippen LogP contribution is -2.45. The second-order valence-electron chi connectivity index (χ2n) is 4.30. The molecule has 4 heteroatoms. The predicted molar refractivity (Wildman–Crippen MR) is 59.5 cm³/mol. The van der Waals surface area contributed by atoms with Gasteiger partial charge in [0.15, 0.2) is 0 Å². The van der Waals surface area contributed by atoms with Crippen LogP contribution in [0.5, 0.6) is 0 Å². The van der Waals surface area contributed by atoms with E-state index < -0.39 is 0 Å². The van der Waals surface area contributed by atoms with Crippen molar-refractivity contribution >= 4 is 5.91 Å². The van der Waals surface area contributed by atoms with E-state index in [-0.39, 0.29) is 11.9 Å². The molecular formula is C11H22N2O2. The van der Waals surface area contributed by atoms with Crippen molar-refractivity contribution in [2.24, 2.45) is 5.73 Å². The molecule has 0 bridgehead atoms. The molecule has 0 aliphatic carbocycles. The lowest BCUT2D eigenvalue weighted by Gasteiger charge is -2.26. The van der Waals surface area contributed by atoms with Gasteiger partial charge in [0, 0.05) is 25.1 Å². The van der Waals surface area contributed by atoms with Gasteiger partial charge in [-0.15, -0.1) is 0 Å². The lowest BCUT2D eigenvalue weighted by molar-refractivity contribution is -0.118. The Morgan fingerprint density at radius 2 is 2.40 bits per heavy atom. The summed E-state index contributed by atoms with van der Waals surface area (Å²) in [7, 11) is 0. The van der Waals surface area contributed by atoms with E-state index in [4.69, 9.17) is 10.5 Å². The fourth-order valence-electron chi connectivity index (χ4n) is 2.13. The molecule has 0 radical (unpaired) electrons. The van der Waals surface area contributed by atoms with Crippen molar-refractivity contribution in [3.05, 3.63) is 0 Å². The van der Waals surface area contributed by atoms with Crippen molar-refractivity contribution in [1.29, 1.82) is 0 Å². The lowest BCUT2D eigenvalue weighted by atomic mass is 10.0. The fourth-order valence-corrected chi connectivity index (χ4v) is 2.13. The number of nitrogens with two attached hydrogens (primary N) is 1. The number of rotatable bonds is 6. The van der Waals surface area contributed by atoms with Gasteiger partial charge in [0.1, 0.15) is 0 Å².